The van der Waals surface area contributed by atoms with Gasteiger partial charge >= 0.3 is 0 Å². The van der Waals surface area contributed by atoms with Crippen molar-refractivity contribution in [2.75, 3.05) is 0 Å². The van der Waals surface area contributed by atoms with Crippen LogP contribution in [-0.4, -0.2) is 21.3 Å². The van der Waals surface area contributed by atoms with E-state index in [1.54, 1.807) is 0 Å². The molecular formula is C19H19N3O. The third-order valence-electron chi connectivity index (χ3n) is 4.52. The van der Waals surface area contributed by atoms with E-state index in [0.717, 1.165) is 30.6 Å². The van der Waals surface area contributed by atoms with Gasteiger partial charge in [-0.2, -0.15) is 0 Å². The highest BCUT2D eigenvalue weighted by Crippen LogP contribution is 2.21. The predicted molar refractivity (Wildman–Crippen MR) is 89.7 cm³/mol. The topological polar surface area (TPSA) is 46.4 Å². The van der Waals surface area contributed by atoms with Gasteiger partial charge in [-0.3, -0.25) is 4.79 Å². The minimum absolute atomic E-state index is 0.0114. The number of fused-ring (bicyclic) bond motifs is 2. The number of aryl methyl sites for hydroxylation is 2. The lowest BCUT2D eigenvalue weighted by Crippen LogP contribution is -2.38. The van der Waals surface area contributed by atoms with Crippen molar-refractivity contribution in [2.45, 2.75) is 32.2 Å². The number of hydrogen-bond acceptors (Lipinski definition) is 2. The maximum absolute atomic E-state index is 12.5. The molecule has 1 amide bonds. The van der Waals surface area contributed by atoms with Crippen molar-refractivity contribution in [3.05, 3.63) is 71.2 Å². The molecule has 4 heteroatoms. The monoisotopic (exact) mass is 305 g/mol. The average Bonchev–Trinajstić information content (AvgIpc) is 2.93. The standard InChI is InChI=1S/C19H19N3O/c1-13-11-22-12-16(7-9-18(22)20-13)19(23)21-17-8-6-14-4-2-3-5-15(14)10-17/h2-5,7,9,11-12,17H,6,8,10H2,1H3,(H,21,23)/t17-/m1/s1. The van der Waals surface area contributed by atoms with E-state index in [1.807, 2.05) is 35.9 Å². The van der Waals surface area contributed by atoms with Gasteiger partial charge in [-0.1, -0.05) is 24.3 Å². The van der Waals surface area contributed by atoms with Crippen molar-refractivity contribution >= 4 is 11.6 Å². The van der Waals surface area contributed by atoms with E-state index in [4.69, 9.17) is 0 Å². The van der Waals surface area contributed by atoms with E-state index in [0.29, 0.717) is 5.56 Å². The van der Waals surface area contributed by atoms with Crippen LogP contribution in [-0.2, 0) is 12.8 Å². The van der Waals surface area contributed by atoms with Gasteiger partial charge in [0, 0.05) is 18.4 Å². The Hall–Kier alpha value is -2.62. The molecule has 0 bridgehead atoms. The van der Waals surface area contributed by atoms with Crippen LogP contribution in [0.4, 0.5) is 0 Å². The Balaban J connectivity index is 1.51. The summed E-state index contributed by atoms with van der Waals surface area (Å²) in [6.07, 6.45) is 6.72. The SMILES string of the molecule is Cc1cn2cc(C(=O)N[C@@H]3CCc4ccccc4C3)ccc2n1. The Labute approximate surface area is 135 Å². The van der Waals surface area contributed by atoms with Gasteiger partial charge in [0.15, 0.2) is 0 Å². The molecule has 0 aliphatic heterocycles. The first kappa shape index (κ1) is 14.0. The third-order valence-corrected chi connectivity index (χ3v) is 4.52. The number of amides is 1. The molecule has 0 saturated heterocycles. The van der Waals surface area contributed by atoms with Gasteiger partial charge in [0.25, 0.3) is 5.91 Å². The lowest BCUT2D eigenvalue weighted by atomic mass is 9.88. The summed E-state index contributed by atoms with van der Waals surface area (Å²) in [4.78, 5) is 16.9. The van der Waals surface area contributed by atoms with E-state index >= 15 is 0 Å². The molecule has 0 unspecified atom stereocenters. The lowest BCUT2D eigenvalue weighted by molar-refractivity contribution is 0.0933. The van der Waals surface area contributed by atoms with Crippen LogP contribution in [0.2, 0.25) is 0 Å². The number of pyridine rings is 1. The van der Waals surface area contributed by atoms with Crippen molar-refractivity contribution in [2.24, 2.45) is 0 Å². The van der Waals surface area contributed by atoms with Gasteiger partial charge in [-0.05, 0) is 49.4 Å². The minimum Gasteiger partial charge on any atom is -0.349 e. The first-order chi connectivity index (χ1) is 11.2. The van der Waals surface area contributed by atoms with Gasteiger partial charge in [-0.25, -0.2) is 4.98 Å². The molecule has 1 aliphatic rings. The first-order valence-electron chi connectivity index (χ1n) is 8.02. The molecule has 4 rings (SSSR count). The summed E-state index contributed by atoms with van der Waals surface area (Å²) in [7, 11) is 0. The summed E-state index contributed by atoms with van der Waals surface area (Å²) < 4.78 is 1.90. The summed E-state index contributed by atoms with van der Waals surface area (Å²) in [5.41, 5.74) is 5.25. The second-order valence-electron chi connectivity index (χ2n) is 6.25. The Bertz CT molecular complexity index is 881. The summed E-state index contributed by atoms with van der Waals surface area (Å²) in [6, 6.07) is 12.4. The molecule has 1 aromatic carbocycles. The number of aromatic nitrogens is 2. The van der Waals surface area contributed by atoms with Crippen molar-refractivity contribution < 1.29 is 4.79 Å². The predicted octanol–water partition coefficient (Wildman–Crippen LogP) is 2.93. The van der Waals surface area contributed by atoms with Gasteiger partial charge in [0.05, 0.1) is 11.3 Å². The van der Waals surface area contributed by atoms with E-state index in [2.05, 4.69) is 34.6 Å². The smallest absolute Gasteiger partial charge is 0.253 e. The summed E-state index contributed by atoms with van der Waals surface area (Å²) in [6.45, 7) is 1.95. The highest BCUT2D eigenvalue weighted by Gasteiger charge is 2.20. The maximum atomic E-state index is 12.5. The van der Waals surface area contributed by atoms with Gasteiger partial charge in [-0.15, -0.1) is 0 Å². The fourth-order valence-electron chi connectivity index (χ4n) is 3.34. The van der Waals surface area contributed by atoms with Gasteiger partial charge in [0.1, 0.15) is 5.65 Å². The number of carbonyl (C=O) groups excluding carboxylic acids is 1. The molecule has 1 atom stereocenters. The number of nitrogens with one attached hydrogen (secondary N) is 1. The second kappa shape index (κ2) is 5.54. The second-order valence-corrected chi connectivity index (χ2v) is 6.25. The Morgan fingerprint density at radius 1 is 1.17 bits per heavy atom. The van der Waals surface area contributed by atoms with Crippen molar-refractivity contribution in [1.29, 1.82) is 0 Å². The minimum atomic E-state index is -0.0114. The molecule has 2 heterocycles. The van der Waals surface area contributed by atoms with Crippen LogP contribution in [0.25, 0.3) is 5.65 Å². The van der Waals surface area contributed by atoms with Crippen molar-refractivity contribution in [3.63, 3.8) is 0 Å². The molecule has 0 saturated carbocycles. The van der Waals surface area contributed by atoms with E-state index in [-0.39, 0.29) is 11.9 Å². The van der Waals surface area contributed by atoms with Crippen LogP contribution in [0.5, 0.6) is 0 Å². The Morgan fingerprint density at radius 3 is 2.87 bits per heavy atom. The summed E-state index contributed by atoms with van der Waals surface area (Å²) in [5, 5.41) is 3.17. The fraction of sp³-hybridized carbons (Fsp3) is 0.263. The van der Waals surface area contributed by atoms with Crippen molar-refractivity contribution in [3.8, 4) is 0 Å². The van der Waals surface area contributed by atoms with Crippen molar-refractivity contribution in [1.82, 2.24) is 14.7 Å². The van der Waals surface area contributed by atoms with Crippen LogP contribution >= 0.6 is 0 Å². The Kier molecular flexibility index (Phi) is 3.37. The molecule has 1 N–H and O–H groups in total. The number of hydrogen-bond donors (Lipinski definition) is 1. The molecule has 0 fully saturated rings. The normalized spacial score (nSPS) is 17.0. The Morgan fingerprint density at radius 2 is 2.00 bits per heavy atom. The molecule has 1 aliphatic carbocycles. The van der Waals surface area contributed by atoms with E-state index in [1.165, 1.54) is 11.1 Å². The van der Waals surface area contributed by atoms with Crippen LogP contribution in [0.1, 0.15) is 33.6 Å². The molecule has 2 aromatic heterocycles. The summed E-state index contributed by atoms with van der Waals surface area (Å²) >= 11 is 0. The van der Waals surface area contributed by atoms with Crippen LogP contribution in [0.15, 0.2) is 48.8 Å². The molecule has 0 spiro atoms. The number of nitrogens with zero attached hydrogens (tertiary/aromatic N) is 2. The largest absolute Gasteiger partial charge is 0.349 e. The highest BCUT2D eigenvalue weighted by molar-refractivity contribution is 5.94. The average molecular weight is 305 g/mol. The zero-order valence-electron chi connectivity index (χ0n) is 13.1. The van der Waals surface area contributed by atoms with Crippen LogP contribution in [0.3, 0.4) is 0 Å². The third kappa shape index (κ3) is 2.72. The zero-order chi connectivity index (χ0) is 15.8. The number of imidazole rings is 1. The quantitative estimate of drug-likeness (QED) is 0.791. The number of carbonyl (C=O) groups is 1. The lowest BCUT2D eigenvalue weighted by Gasteiger charge is -2.25. The van der Waals surface area contributed by atoms with Crippen LogP contribution in [0, 0.1) is 6.92 Å². The molecule has 3 aromatic rings. The molecule has 4 nitrogen and oxygen atoms in total. The molecule has 116 valence electrons. The molecule has 23 heavy (non-hydrogen) atoms. The van der Waals surface area contributed by atoms with E-state index in [9.17, 15) is 4.79 Å². The van der Waals surface area contributed by atoms with Crippen LogP contribution < -0.4 is 5.32 Å². The van der Waals surface area contributed by atoms with Gasteiger partial charge in [0.2, 0.25) is 0 Å². The zero-order valence-corrected chi connectivity index (χ0v) is 13.1. The maximum Gasteiger partial charge on any atom is 0.253 e. The van der Waals surface area contributed by atoms with E-state index < -0.39 is 0 Å². The first-order valence-corrected chi connectivity index (χ1v) is 8.02. The summed E-state index contributed by atoms with van der Waals surface area (Å²) in [5.74, 6) is -0.0114. The number of benzene rings is 1. The molecular weight excluding hydrogens is 286 g/mol. The fourth-order valence-corrected chi connectivity index (χ4v) is 3.34. The molecule has 0 radical (unpaired) electrons. The highest BCUT2D eigenvalue weighted by atomic mass is 16.1. The van der Waals surface area contributed by atoms with Gasteiger partial charge < -0.3 is 9.72 Å². The number of rotatable bonds is 2.